The molecule has 1 aliphatic heterocycles. The first-order valence-corrected chi connectivity index (χ1v) is 8.69. The van der Waals surface area contributed by atoms with Crippen molar-refractivity contribution in [2.75, 3.05) is 37.7 Å². The highest BCUT2D eigenvalue weighted by molar-refractivity contribution is 9.10. The lowest BCUT2D eigenvalue weighted by Crippen LogP contribution is -2.50. The van der Waals surface area contributed by atoms with E-state index in [4.69, 9.17) is 4.74 Å². The number of ether oxygens (including phenoxy) is 1. The molecule has 7 heteroatoms. The van der Waals surface area contributed by atoms with Crippen LogP contribution in [0.15, 0.2) is 46.9 Å². The Kier molecular flexibility index (Phi) is 5.53. The minimum atomic E-state index is -0.522. The Morgan fingerprint density at radius 3 is 2.44 bits per heavy atom. The second-order valence-electron chi connectivity index (χ2n) is 5.68. The monoisotopic (exact) mass is 410 g/mol. The van der Waals surface area contributed by atoms with Gasteiger partial charge in [-0.05, 0) is 30.3 Å². The Balaban J connectivity index is 1.52. The summed E-state index contributed by atoms with van der Waals surface area (Å²) in [4.78, 5) is 15.8. The molecular formula is C18H17BrF2N2O2. The van der Waals surface area contributed by atoms with Crippen LogP contribution >= 0.6 is 15.9 Å². The van der Waals surface area contributed by atoms with Crippen LogP contribution in [0.5, 0.6) is 5.75 Å². The molecule has 25 heavy (non-hydrogen) atoms. The van der Waals surface area contributed by atoms with E-state index in [0.29, 0.717) is 36.3 Å². The standard InChI is InChI=1S/C18H17BrF2N2O2/c19-13-5-6-17(15(21)11-13)25-12-18(24)23-9-7-22(8-10-23)16-4-2-1-3-14(16)20/h1-6,11H,7-10,12H2. The first-order valence-electron chi connectivity index (χ1n) is 7.89. The van der Waals surface area contributed by atoms with Crippen molar-refractivity contribution in [2.24, 2.45) is 0 Å². The van der Waals surface area contributed by atoms with Crippen LogP contribution in [0.2, 0.25) is 0 Å². The molecule has 1 amide bonds. The van der Waals surface area contributed by atoms with Gasteiger partial charge >= 0.3 is 0 Å². The number of amides is 1. The molecular weight excluding hydrogens is 394 g/mol. The molecule has 0 saturated carbocycles. The number of anilines is 1. The average Bonchev–Trinajstić information content (AvgIpc) is 2.61. The summed E-state index contributed by atoms with van der Waals surface area (Å²) in [5, 5.41) is 0. The highest BCUT2D eigenvalue weighted by atomic mass is 79.9. The first-order chi connectivity index (χ1) is 12.0. The van der Waals surface area contributed by atoms with Crippen LogP contribution in [0, 0.1) is 11.6 Å². The lowest BCUT2D eigenvalue weighted by molar-refractivity contribution is -0.133. The Morgan fingerprint density at radius 1 is 1.04 bits per heavy atom. The summed E-state index contributed by atoms with van der Waals surface area (Å²) in [6.45, 7) is 1.80. The van der Waals surface area contributed by atoms with Crippen LogP contribution in [-0.4, -0.2) is 43.6 Å². The summed E-state index contributed by atoms with van der Waals surface area (Å²) in [7, 11) is 0. The van der Waals surface area contributed by atoms with E-state index in [9.17, 15) is 13.6 Å². The predicted molar refractivity (Wildman–Crippen MR) is 94.8 cm³/mol. The van der Waals surface area contributed by atoms with Gasteiger partial charge in [0, 0.05) is 30.7 Å². The third-order valence-corrected chi connectivity index (χ3v) is 4.56. The van der Waals surface area contributed by atoms with Gasteiger partial charge in [0.1, 0.15) is 5.82 Å². The minimum Gasteiger partial charge on any atom is -0.481 e. The zero-order valence-corrected chi connectivity index (χ0v) is 15.0. The second kappa shape index (κ2) is 7.82. The van der Waals surface area contributed by atoms with Crippen molar-refractivity contribution in [1.29, 1.82) is 0 Å². The SMILES string of the molecule is O=C(COc1ccc(Br)cc1F)N1CCN(c2ccccc2F)CC1. The van der Waals surface area contributed by atoms with Crippen LogP contribution in [0.3, 0.4) is 0 Å². The van der Waals surface area contributed by atoms with Gasteiger partial charge < -0.3 is 14.5 Å². The number of nitrogens with zero attached hydrogens (tertiary/aromatic N) is 2. The van der Waals surface area contributed by atoms with Gasteiger partial charge in [0.25, 0.3) is 5.91 Å². The summed E-state index contributed by atoms with van der Waals surface area (Å²) in [6, 6.07) is 11.0. The van der Waals surface area contributed by atoms with Gasteiger partial charge in [-0.15, -0.1) is 0 Å². The van der Waals surface area contributed by atoms with Crippen molar-refractivity contribution >= 4 is 27.5 Å². The maximum Gasteiger partial charge on any atom is 0.260 e. The van der Waals surface area contributed by atoms with E-state index in [1.54, 1.807) is 29.2 Å². The Morgan fingerprint density at radius 2 is 1.76 bits per heavy atom. The molecule has 0 aromatic heterocycles. The van der Waals surface area contributed by atoms with Crippen LogP contribution in [0.25, 0.3) is 0 Å². The fraction of sp³-hybridized carbons (Fsp3) is 0.278. The molecule has 1 aliphatic rings. The quantitative estimate of drug-likeness (QED) is 0.773. The molecule has 2 aromatic rings. The second-order valence-corrected chi connectivity index (χ2v) is 6.60. The van der Waals surface area contributed by atoms with Crippen molar-refractivity contribution in [1.82, 2.24) is 4.90 Å². The number of carbonyl (C=O) groups excluding carboxylic acids is 1. The summed E-state index contributed by atoms with van der Waals surface area (Å²) < 4.78 is 33.4. The molecule has 132 valence electrons. The summed E-state index contributed by atoms with van der Waals surface area (Å²) in [5.74, 6) is -0.958. The molecule has 0 aliphatic carbocycles. The number of hydrogen-bond acceptors (Lipinski definition) is 3. The van der Waals surface area contributed by atoms with Gasteiger partial charge in [0.15, 0.2) is 18.2 Å². The molecule has 4 nitrogen and oxygen atoms in total. The van der Waals surface area contributed by atoms with E-state index in [2.05, 4.69) is 15.9 Å². The van der Waals surface area contributed by atoms with Crippen LogP contribution in [0.1, 0.15) is 0 Å². The van der Waals surface area contributed by atoms with Gasteiger partial charge in [0.2, 0.25) is 0 Å². The highest BCUT2D eigenvalue weighted by Crippen LogP contribution is 2.22. The molecule has 1 saturated heterocycles. The van der Waals surface area contributed by atoms with Crippen LogP contribution < -0.4 is 9.64 Å². The average molecular weight is 411 g/mol. The van der Waals surface area contributed by atoms with Crippen LogP contribution in [0.4, 0.5) is 14.5 Å². The van der Waals surface area contributed by atoms with E-state index in [1.807, 2.05) is 4.90 Å². The molecule has 2 aromatic carbocycles. The molecule has 0 unspecified atom stereocenters. The number of rotatable bonds is 4. The van der Waals surface area contributed by atoms with Crippen molar-refractivity contribution in [3.05, 3.63) is 58.6 Å². The van der Waals surface area contributed by atoms with E-state index < -0.39 is 5.82 Å². The van der Waals surface area contributed by atoms with Crippen molar-refractivity contribution in [3.8, 4) is 5.75 Å². The summed E-state index contributed by atoms with van der Waals surface area (Å²) in [6.07, 6.45) is 0. The topological polar surface area (TPSA) is 32.8 Å². The Labute approximate surface area is 153 Å². The number of carbonyl (C=O) groups is 1. The third kappa shape index (κ3) is 4.28. The van der Waals surface area contributed by atoms with Gasteiger partial charge in [-0.1, -0.05) is 28.1 Å². The number of para-hydroxylation sites is 1. The van der Waals surface area contributed by atoms with Gasteiger partial charge in [-0.2, -0.15) is 0 Å². The lowest BCUT2D eigenvalue weighted by atomic mass is 10.2. The molecule has 0 atom stereocenters. The van der Waals surface area contributed by atoms with E-state index in [1.165, 1.54) is 18.2 Å². The van der Waals surface area contributed by atoms with Crippen LogP contribution in [-0.2, 0) is 4.79 Å². The first kappa shape index (κ1) is 17.7. The van der Waals surface area contributed by atoms with E-state index in [-0.39, 0.29) is 24.1 Å². The number of hydrogen-bond donors (Lipinski definition) is 0. The van der Waals surface area contributed by atoms with Gasteiger partial charge in [-0.25, -0.2) is 8.78 Å². The van der Waals surface area contributed by atoms with Gasteiger partial charge in [0.05, 0.1) is 5.69 Å². The van der Waals surface area contributed by atoms with Crippen molar-refractivity contribution < 1.29 is 18.3 Å². The summed E-state index contributed by atoms with van der Waals surface area (Å²) >= 11 is 3.17. The highest BCUT2D eigenvalue weighted by Gasteiger charge is 2.23. The normalized spacial score (nSPS) is 14.5. The van der Waals surface area contributed by atoms with E-state index in [0.717, 1.165) is 0 Å². The largest absolute Gasteiger partial charge is 0.481 e. The molecule has 0 spiro atoms. The van der Waals surface area contributed by atoms with Gasteiger partial charge in [-0.3, -0.25) is 4.79 Å². The van der Waals surface area contributed by atoms with Crippen molar-refractivity contribution in [2.45, 2.75) is 0 Å². The Hall–Kier alpha value is -2.15. The zero-order chi connectivity index (χ0) is 17.8. The third-order valence-electron chi connectivity index (χ3n) is 4.07. The molecule has 0 N–H and O–H groups in total. The maximum atomic E-state index is 13.8. The molecule has 3 rings (SSSR count). The number of piperazine rings is 1. The zero-order valence-electron chi connectivity index (χ0n) is 13.4. The fourth-order valence-electron chi connectivity index (χ4n) is 2.73. The molecule has 1 fully saturated rings. The number of benzene rings is 2. The minimum absolute atomic E-state index is 0.0431. The summed E-state index contributed by atoms with van der Waals surface area (Å²) in [5.41, 5.74) is 0.544. The predicted octanol–water partition coefficient (Wildman–Crippen LogP) is 3.45. The molecule has 0 radical (unpaired) electrons. The van der Waals surface area contributed by atoms with E-state index >= 15 is 0 Å². The smallest absolute Gasteiger partial charge is 0.260 e. The molecule has 1 heterocycles. The fourth-order valence-corrected chi connectivity index (χ4v) is 3.06. The Bertz CT molecular complexity index is 764. The molecule has 0 bridgehead atoms. The van der Waals surface area contributed by atoms with Crippen molar-refractivity contribution in [3.63, 3.8) is 0 Å². The maximum absolute atomic E-state index is 13.8. The lowest BCUT2D eigenvalue weighted by Gasteiger charge is -2.36. The number of halogens is 3.